The lowest BCUT2D eigenvalue weighted by Crippen LogP contribution is -2.17. The third kappa shape index (κ3) is 3.20. The molecule has 2 N–H and O–H groups in total. The maximum Gasteiger partial charge on any atom is 0.292 e. The van der Waals surface area contributed by atoms with E-state index in [1.807, 2.05) is 30.3 Å². The van der Waals surface area contributed by atoms with E-state index in [1.54, 1.807) is 37.4 Å². The topological polar surface area (TPSA) is 71.3 Å². The first-order valence-corrected chi connectivity index (χ1v) is 7.45. The van der Waals surface area contributed by atoms with Gasteiger partial charge in [-0.15, -0.1) is 0 Å². The largest absolute Gasteiger partial charge is 0.459 e. The van der Waals surface area contributed by atoms with Gasteiger partial charge in [-0.2, -0.15) is 0 Å². The third-order valence-corrected chi connectivity index (χ3v) is 3.59. The Morgan fingerprint density at radius 3 is 2.25 bits per heavy atom. The highest BCUT2D eigenvalue weighted by Crippen LogP contribution is 2.25. The van der Waals surface area contributed by atoms with Crippen LogP contribution in [0.3, 0.4) is 0 Å². The second-order valence-electron chi connectivity index (χ2n) is 5.14. The maximum absolute atomic E-state index is 12.5. The third-order valence-electron chi connectivity index (χ3n) is 3.59. The maximum atomic E-state index is 12.5. The lowest BCUT2D eigenvalue weighted by atomic mass is 10.1. The van der Waals surface area contributed by atoms with Crippen LogP contribution in [0.4, 0.5) is 5.69 Å². The number of anilines is 1. The number of benzene rings is 2. The summed E-state index contributed by atoms with van der Waals surface area (Å²) in [6.45, 7) is 0. The molecule has 0 saturated heterocycles. The van der Waals surface area contributed by atoms with E-state index in [-0.39, 0.29) is 17.6 Å². The summed E-state index contributed by atoms with van der Waals surface area (Å²) in [6.07, 6.45) is 1.49. The Labute approximate surface area is 139 Å². The van der Waals surface area contributed by atoms with Crippen LogP contribution in [0.5, 0.6) is 0 Å². The van der Waals surface area contributed by atoms with Crippen molar-refractivity contribution >= 4 is 17.5 Å². The summed E-state index contributed by atoms with van der Waals surface area (Å²) in [5.74, 6) is -0.270. The average Bonchev–Trinajstić information content (AvgIpc) is 3.12. The van der Waals surface area contributed by atoms with Gasteiger partial charge in [-0.05, 0) is 35.9 Å². The molecule has 0 aliphatic heterocycles. The van der Waals surface area contributed by atoms with Crippen molar-refractivity contribution in [3.8, 4) is 11.1 Å². The molecule has 1 aromatic heterocycles. The molecule has 24 heavy (non-hydrogen) atoms. The van der Waals surface area contributed by atoms with Gasteiger partial charge < -0.3 is 15.1 Å². The molecule has 0 radical (unpaired) electrons. The molecule has 0 saturated carbocycles. The van der Waals surface area contributed by atoms with Crippen LogP contribution in [0.25, 0.3) is 11.1 Å². The average molecular weight is 320 g/mol. The number of hydrogen-bond acceptors (Lipinski definition) is 3. The molecule has 5 heteroatoms. The molecular weight excluding hydrogens is 304 g/mol. The van der Waals surface area contributed by atoms with E-state index in [1.165, 1.54) is 6.26 Å². The number of rotatable bonds is 4. The van der Waals surface area contributed by atoms with E-state index >= 15 is 0 Å². The predicted octanol–water partition coefficient (Wildman–Crippen LogP) is 3.56. The van der Waals surface area contributed by atoms with Gasteiger partial charge in [-0.1, -0.05) is 30.3 Å². The quantitative estimate of drug-likeness (QED) is 0.772. The normalized spacial score (nSPS) is 10.2. The summed E-state index contributed by atoms with van der Waals surface area (Å²) < 4.78 is 5.36. The lowest BCUT2D eigenvalue weighted by molar-refractivity contribution is 0.0962. The minimum Gasteiger partial charge on any atom is -0.459 e. The van der Waals surface area contributed by atoms with Crippen molar-refractivity contribution in [2.75, 3.05) is 12.4 Å². The molecule has 0 aliphatic carbocycles. The molecule has 3 rings (SSSR count). The zero-order chi connectivity index (χ0) is 16.9. The van der Waals surface area contributed by atoms with Gasteiger partial charge in [0.05, 0.1) is 6.26 Å². The highest BCUT2D eigenvalue weighted by Gasteiger charge is 2.17. The SMILES string of the molecule is CNC(=O)c1ccc(NC(=O)c2occc2-c2ccccc2)cc1. The van der Waals surface area contributed by atoms with E-state index in [0.29, 0.717) is 11.3 Å². The van der Waals surface area contributed by atoms with E-state index < -0.39 is 0 Å². The number of furan rings is 1. The Hall–Kier alpha value is -3.34. The van der Waals surface area contributed by atoms with Gasteiger partial charge in [-0.3, -0.25) is 9.59 Å². The van der Waals surface area contributed by atoms with Crippen molar-refractivity contribution in [1.29, 1.82) is 0 Å². The number of hydrogen-bond donors (Lipinski definition) is 2. The number of nitrogens with one attached hydrogen (secondary N) is 2. The van der Waals surface area contributed by atoms with Crippen molar-refractivity contribution in [2.24, 2.45) is 0 Å². The van der Waals surface area contributed by atoms with Gasteiger partial charge in [0.15, 0.2) is 5.76 Å². The number of carbonyl (C=O) groups excluding carboxylic acids is 2. The van der Waals surface area contributed by atoms with E-state index in [0.717, 1.165) is 11.1 Å². The summed E-state index contributed by atoms with van der Waals surface area (Å²) in [4.78, 5) is 24.0. The Morgan fingerprint density at radius 2 is 1.58 bits per heavy atom. The number of carbonyl (C=O) groups is 2. The van der Waals surface area contributed by atoms with E-state index in [9.17, 15) is 9.59 Å². The Kier molecular flexibility index (Phi) is 4.43. The first-order valence-electron chi connectivity index (χ1n) is 7.45. The minimum atomic E-state index is -0.341. The molecule has 3 aromatic rings. The van der Waals surface area contributed by atoms with Crippen LogP contribution >= 0.6 is 0 Å². The smallest absolute Gasteiger partial charge is 0.292 e. The van der Waals surface area contributed by atoms with E-state index in [4.69, 9.17) is 4.42 Å². The zero-order valence-corrected chi connectivity index (χ0v) is 13.1. The first-order chi connectivity index (χ1) is 11.7. The van der Waals surface area contributed by atoms with E-state index in [2.05, 4.69) is 10.6 Å². The molecule has 0 unspecified atom stereocenters. The molecule has 1 heterocycles. The fourth-order valence-corrected chi connectivity index (χ4v) is 2.37. The fourth-order valence-electron chi connectivity index (χ4n) is 2.37. The van der Waals surface area contributed by atoms with Gasteiger partial charge >= 0.3 is 0 Å². The molecule has 0 atom stereocenters. The summed E-state index contributed by atoms with van der Waals surface area (Å²) in [7, 11) is 1.57. The molecule has 2 aromatic carbocycles. The second-order valence-corrected chi connectivity index (χ2v) is 5.14. The van der Waals surface area contributed by atoms with Crippen LogP contribution in [0.15, 0.2) is 71.3 Å². The predicted molar refractivity (Wildman–Crippen MR) is 91.9 cm³/mol. The lowest BCUT2D eigenvalue weighted by Gasteiger charge is -2.06. The van der Waals surface area contributed by atoms with Crippen LogP contribution in [0, 0.1) is 0 Å². The molecule has 2 amide bonds. The summed E-state index contributed by atoms with van der Waals surface area (Å²) in [5, 5.41) is 5.32. The standard InChI is InChI=1S/C19H16N2O3/c1-20-18(22)14-7-9-15(10-8-14)21-19(23)17-16(11-12-24-17)13-5-3-2-4-6-13/h2-12H,1H3,(H,20,22)(H,21,23). The molecule has 0 spiro atoms. The fraction of sp³-hybridized carbons (Fsp3) is 0.0526. The molecular formula is C19H16N2O3. The van der Waals surface area contributed by atoms with Crippen LogP contribution in [-0.4, -0.2) is 18.9 Å². The van der Waals surface area contributed by atoms with Crippen molar-refractivity contribution in [3.05, 3.63) is 78.3 Å². The van der Waals surface area contributed by atoms with Crippen molar-refractivity contribution in [3.63, 3.8) is 0 Å². The van der Waals surface area contributed by atoms with Gasteiger partial charge in [0.25, 0.3) is 11.8 Å². The monoisotopic (exact) mass is 320 g/mol. The number of amides is 2. The Bertz CT molecular complexity index is 852. The molecule has 0 bridgehead atoms. The molecule has 5 nitrogen and oxygen atoms in total. The zero-order valence-electron chi connectivity index (χ0n) is 13.1. The minimum absolute atomic E-state index is 0.176. The molecule has 0 aliphatic rings. The van der Waals surface area contributed by atoms with Crippen molar-refractivity contribution in [2.45, 2.75) is 0 Å². The Morgan fingerprint density at radius 1 is 0.875 bits per heavy atom. The first kappa shape index (κ1) is 15.6. The van der Waals surface area contributed by atoms with Gasteiger partial charge in [0.2, 0.25) is 0 Å². The van der Waals surface area contributed by atoms with Crippen LogP contribution < -0.4 is 10.6 Å². The van der Waals surface area contributed by atoms with Crippen LogP contribution in [-0.2, 0) is 0 Å². The Balaban J connectivity index is 1.79. The van der Waals surface area contributed by atoms with Crippen LogP contribution in [0.2, 0.25) is 0 Å². The van der Waals surface area contributed by atoms with Gasteiger partial charge in [0, 0.05) is 23.9 Å². The highest BCUT2D eigenvalue weighted by molar-refractivity contribution is 6.06. The molecule has 120 valence electrons. The highest BCUT2D eigenvalue weighted by atomic mass is 16.3. The van der Waals surface area contributed by atoms with Crippen LogP contribution in [0.1, 0.15) is 20.9 Å². The summed E-state index contributed by atoms with van der Waals surface area (Å²) in [6, 6.07) is 18.0. The second kappa shape index (κ2) is 6.83. The van der Waals surface area contributed by atoms with Gasteiger partial charge in [0.1, 0.15) is 0 Å². The summed E-state index contributed by atoms with van der Waals surface area (Å²) >= 11 is 0. The molecule has 0 fully saturated rings. The van der Waals surface area contributed by atoms with Crippen molar-refractivity contribution in [1.82, 2.24) is 5.32 Å². The van der Waals surface area contributed by atoms with Gasteiger partial charge in [-0.25, -0.2) is 0 Å². The summed E-state index contributed by atoms with van der Waals surface area (Å²) in [5.41, 5.74) is 2.75. The van der Waals surface area contributed by atoms with Crippen molar-refractivity contribution < 1.29 is 14.0 Å².